The number of amides is 1. The molecule has 0 aliphatic carbocycles. The highest BCUT2D eigenvalue weighted by Gasteiger charge is 2.35. The molecule has 1 saturated heterocycles. The standard InChI is InChI=1S/C13H15Cl2N3O/c1-17-5-4-10-16-13(19)11-8(14)2-3-9(15)12(11)18(10)7-6-17/h2-3,10H,4-7H2,1H3,(H,16,19)/t10-/m1/s1. The molecule has 6 heteroatoms. The molecule has 0 unspecified atom stereocenters. The van der Waals surface area contributed by atoms with Crippen LogP contribution in [-0.4, -0.2) is 43.7 Å². The van der Waals surface area contributed by atoms with E-state index in [1.165, 1.54) is 0 Å². The van der Waals surface area contributed by atoms with Gasteiger partial charge in [-0.1, -0.05) is 23.2 Å². The molecule has 1 amide bonds. The minimum Gasteiger partial charge on any atom is -0.348 e. The molecule has 1 aromatic carbocycles. The van der Waals surface area contributed by atoms with Crippen LogP contribution in [0.25, 0.3) is 0 Å². The molecular weight excluding hydrogens is 285 g/mol. The number of carbonyl (C=O) groups is 1. The zero-order valence-electron chi connectivity index (χ0n) is 10.6. The molecule has 2 heterocycles. The fraction of sp³-hybridized carbons (Fsp3) is 0.462. The second-order valence-corrected chi connectivity index (χ2v) is 5.84. The lowest BCUT2D eigenvalue weighted by molar-refractivity contribution is 0.0926. The zero-order valence-corrected chi connectivity index (χ0v) is 12.1. The summed E-state index contributed by atoms with van der Waals surface area (Å²) in [6.07, 6.45) is 0.880. The molecule has 4 nitrogen and oxygen atoms in total. The van der Waals surface area contributed by atoms with Gasteiger partial charge in [0.1, 0.15) is 6.17 Å². The van der Waals surface area contributed by atoms with Gasteiger partial charge in [-0.05, 0) is 25.6 Å². The van der Waals surface area contributed by atoms with E-state index < -0.39 is 0 Å². The molecular formula is C13H15Cl2N3O. The number of halogens is 2. The summed E-state index contributed by atoms with van der Waals surface area (Å²) in [5.74, 6) is -0.131. The highest BCUT2D eigenvalue weighted by molar-refractivity contribution is 6.38. The molecule has 3 rings (SSSR count). The van der Waals surface area contributed by atoms with Crippen LogP contribution in [0.1, 0.15) is 16.8 Å². The summed E-state index contributed by atoms with van der Waals surface area (Å²) in [6, 6.07) is 3.43. The maximum atomic E-state index is 12.2. The van der Waals surface area contributed by atoms with E-state index in [0.717, 1.165) is 31.7 Å². The lowest BCUT2D eigenvalue weighted by Crippen LogP contribution is -2.53. The lowest BCUT2D eigenvalue weighted by atomic mass is 10.1. The van der Waals surface area contributed by atoms with Crippen LogP contribution in [0, 0.1) is 0 Å². The van der Waals surface area contributed by atoms with Crippen LogP contribution in [0.5, 0.6) is 0 Å². The van der Waals surface area contributed by atoms with E-state index in [1.807, 2.05) is 0 Å². The molecule has 2 aliphatic rings. The van der Waals surface area contributed by atoms with Crippen molar-refractivity contribution in [1.29, 1.82) is 0 Å². The molecule has 0 aromatic heterocycles. The van der Waals surface area contributed by atoms with Crippen LogP contribution in [0.15, 0.2) is 12.1 Å². The Morgan fingerprint density at radius 2 is 1.95 bits per heavy atom. The van der Waals surface area contributed by atoms with Gasteiger partial charge in [-0.25, -0.2) is 0 Å². The van der Waals surface area contributed by atoms with Crippen molar-refractivity contribution in [1.82, 2.24) is 10.2 Å². The number of hydrogen-bond donors (Lipinski definition) is 1. The van der Waals surface area contributed by atoms with Crippen molar-refractivity contribution >= 4 is 34.8 Å². The summed E-state index contributed by atoms with van der Waals surface area (Å²) >= 11 is 12.4. The third-order valence-corrected chi connectivity index (χ3v) is 4.39. The molecule has 0 saturated carbocycles. The predicted molar refractivity (Wildman–Crippen MR) is 77.2 cm³/mol. The number of likely N-dealkylation sites (N-methyl/N-ethyl adjacent to an activating group) is 1. The van der Waals surface area contributed by atoms with Gasteiger partial charge in [-0.3, -0.25) is 4.79 Å². The number of rotatable bonds is 0. The first-order valence-corrected chi connectivity index (χ1v) is 7.07. The lowest BCUT2D eigenvalue weighted by Gasteiger charge is -2.38. The Hall–Kier alpha value is -0.970. The third-order valence-electron chi connectivity index (χ3n) is 3.77. The van der Waals surface area contributed by atoms with Gasteiger partial charge in [0.2, 0.25) is 0 Å². The summed E-state index contributed by atoms with van der Waals surface area (Å²) < 4.78 is 0. The van der Waals surface area contributed by atoms with Crippen molar-refractivity contribution in [2.45, 2.75) is 12.6 Å². The summed E-state index contributed by atoms with van der Waals surface area (Å²) in [7, 11) is 2.08. The van der Waals surface area contributed by atoms with E-state index in [-0.39, 0.29) is 12.1 Å². The first kappa shape index (κ1) is 13.0. The fourth-order valence-electron chi connectivity index (χ4n) is 2.72. The van der Waals surface area contributed by atoms with Crippen molar-refractivity contribution in [2.75, 3.05) is 31.6 Å². The van der Waals surface area contributed by atoms with Gasteiger partial charge in [0.25, 0.3) is 5.91 Å². The highest BCUT2D eigenvalue weighted by atomic mass is 35.5. The number of nitrogens with one attached hydrogen (secondary N) is 1. The van der Waals surface area contributed by atoms with E-state index in [0.29, 0.717) is 15.6 Å². The quantitative estimate of drug-likeness (QED) is 0.798. The maximum absolute atomic E-state index is 12.2. The van der Waals surface area contributed by atoms with Crippen molar-refractivity contribution in [2.24, 2.45) is 0 Å². The Morgan fingerprint density at radius 1 is 1.21 bits per heavy atom. The molecule has 1 atom stereocenters. The number of nitrogens with zero attached hydrogens (tertiary/aromatic N) is 2. The molecule has 0 bridgehead atoms. The first-order chi connectivity index (χ1) is 9.08. The van der Waals surface area contributed by atoms with Crippen molar-refractivity contribution < 1.29 is 4.79 Å². The van der Waals surface area contributed by atoms with Crippen molar-refractivity contribution in [3.8, 4) is 0 Å². The minimum atomic E-state index is -0.131. The van der Waals surface area contributed by atoms with Gasteiger partial charge in [-0.2, -0.15) is 0 Å². The highest BCUT2D eigenvalue weighted by Crippen LogP contribution is 2.38. The normalized spacial score (nSPS) is 23.4. The fourth-order valence-corrected chi connectivity index (χ4v) is 3.23. The smallest absolute Gasteiger partial charge is 0.256 e. The monoisotopic (exact) mass is 299 g/mol. The molecule has 1 fully saturated rings. The number of benzene rings is 1. The number of hydrogen-bond acceptors (Lipinski definition) is 3. The van der Waals surface area contributed by atoms with Crippen LogP contribution < -0.4 is 10.2 Å². The van der Waals surface area contributed by atoms with Crippen LogP contribution in [-0.2, 0) is 0 Å². The average Bonchev–Trinajstić information content (AvgIpc) is 2.56. The van der Waals surface area contributed by atoms with E-state index >= 15 is 0 Å². The molecule has 1 N–H and O–H groups in total. The summed E-state index contributed by atoms with van der Waals surface area (Å²) in [6.45, 7) is 2.72. The molecule has 19 heavy (non-hydrogen) atoms. The van der Waals surface area contributed by atoms with Crippen LogP contribution in [0.3, 0.4) is 0 Å². The summed E-state index contributed by atoms with van der Waals surface area (Å²) in [4.78, 5) is 16.6. The Morgan fingerprint density at radius 3 is 2.74 bits per heavy atom. The van der Waals surface area contributed by atoms with Gasteiger partial charge in [0.15, 0.2) is 0 Å². The molecule has 0 spiro atoms. The second kappa shape index (κ2) is 4.85. The maximum Gasteiger partial charge on any atom is 0.256 e. The predicted octanol–water partition coefficient (Wildman–Crippen LogP) is 2.20. The van der Waals surface area contributed by atoms with Gasteiger partial charge >= 0.3 is 0 Å². The Balaban J connectivity index is 2.10. The average molecular weight is 300 g/mol. The van der Waals surface area contributed by atoms with Gasteiger partial charge in [-0.15, -0.1) is 0 Å². The molecule has 2 aliphatic heterocycles. The largest absolute Gasteiger partial charge is 0.348 e. The second-order valence-electron chi connectivity index (χ2n) is 5.03. The van der Waals surface area contributed by atoms with Gasteiger partial charge in [0, 0.05) is 19.6 Å². The summed E-state index contributed by atoms with van der Waals surface area (Å²) in [5, 5.41) is 4.06. The number of anilines is 1. The Bertz CT molecular complexity index is 535. The van der Waals surface area contributed by atoms with Gasteiger partial charge < -0.3 is 15.1 Å². The van der Waals surface area contributed by atoms with E-state index in [2.05, 4.69) is 22.2 Å². The van der Waals surface area contributed by atoms with Crippen molar-refractivity contribution in [3.05, 3.63) is 27.7 Å². The van der Waals surface area contributed by atoms with Crippen LogP contribution >= 0.6 is 23.2 Å². The van der Waals surface area contributed by atoms with E-state index in [9.17, 15) is 4.79 Å². The molecule has 0 radical (unpaired) electrons. The van der Waals surface area contributed by atoms with Gasteiger partial charge in [0.05, 0.1) is 21.3 Å². The third kappa shape index (κ3) is 2.18. The SMILES string of the molecule is CN1CC[C@@H]2NC(=O)c3c(Cl)ccc(Cl)c3N2CC1. The minimum absolute atomic E-state index is 0.000849. The number of fused-ring (bicyclic) bond motifs is 3. The van der Waals surface area contributed by atoms with Crippen molar-refractivity contribution in [3.63, 3.8) is 0 Å². The van der Waals surface area contributed by atoms with Crippen LogP contribution in [0.2, 0.25) is 10.0 Å². The topological polar surface area (TPSA) is 35.6 Å². The van der Waals surface area contributed by atoms with E-state index in [1.54, 1.807) is 12.1 Å². The Kier molecular flexibility index (Phi) is 3.33. The Labute approximate surface area is 122 Å². The first-order valence-electron chi connectivity index (χ1n) is 6.32. The molecule has 1 aromatic rings. The molecule has 102 valence electrons. The zero-order chi connectivity index (χ0) is 13.6. The van der Waals surface area contributed by atoms with Crippen LogP contribution in [0.4, 0.5) is 5.69 Å². The van der Waals surface area contributed by atoms with E-state index in [4.69, 9.17) is 23.2 Å². The number of carbonyl (C=O) groups excluding carboxylic acids is 1. The summed E-state index contributed by atoms with van der Waals surface area (Å²) in [5.41, 5.74) is 1.27.